The number of hydrogen-bond donors (Lipinski definition) is 0. The second-order valence-electron chi connectivity index (χ2n) is 4.75. The molecule has 1 rings (SSSR count). The molecule has 0 aliphatic rings. The molecule has 6 heteroatoms. The lowest BCUT2D eigenvalue weighted by molar-refractivity contribution is -0.0845. The fraction of sp³-hybridized carbons (Fsp3) is 0.385. The first-order valence-corrected chi connectivity index (χ1v) is 11.2. The minimum absolute atomic E-state index is 0.307. The molecular formula is C13H16ClF3Si2. The van der Waals surface area contributed by atoms with Crippen molar-refractivity contribution in [2.75, 3.05) is 0 Å². The van der Waals surface area contributed by atoms with Crippen molar-refractivity contribution < 1.29 is 13.2 Å². The minimum atomic E-state index is -4.24. The Morgan fingerprint density at radius 2 is 1.42 bits per heavy atom. The molecule has 2 radical (unpaired) electrons. The fourth-order valence-electron chi connectivity index (χ4n) is 1.97. The molecule has 0 spiro atoms. The molecule has 0 bridgehead atoms. The molecule has 0 unspecified atom stereocenters. The molecule has 0 N–H and O–H groups in total. The summed E-state index contributed by atoms with van der Waals surface area (Å²) in [7, 11) is -2.81. The van der Waals surface area contributed by atoms with Crippen LogP contribution in [0.15, 0.2) is 29.5 Å². The Balaban J connectivity index is 3.51. The quantitative estimate of drug-likeness (QED) is 0.668. The van der Waals surface area contributed by atoms with Gasteiger partial charge in [-0.3, -0.25) is 0 Å². The Morgan fingerprint density at radius 3 is 1.74 bits per heavy atom. The van der Waals surface area contributed by atoms with E-state index in [4.69, 9.17) is 11.6 Å². The molecule has 1 aromatic rings. The Hall–Kier alpha value is -0.526. The Labute approximate surface area is 120 Å². The van der Waals surface area contributed by atoms with E-state index in [0.717, 1.165) is 0 Å². The van der Waals surface area contributed by atoms with Crippen molar-refractivity contribution in [3.8, 4) is 0 Å². The number of alkyl halides is 3. The van der Waals surface area contributed by atoms with Crippen LogP contribution in [0.5, 0.6) is 0 Å². The molecule has 0 fully saturated rings. The van der Waals surface area contributed by atoms with Gasteiger partial charge in [-0.15, -0.1) is 0 Å². The van der Waals surface area contributed by atoms with Crippen LogP contribution in [0.25, 0.3) is 5.20 Å². The van der Waals surface area contributed by atoms with Gasteiger partial charge in [-0.05, 0) is 17.7 Å². The van der Waals surface area contributed by atoms with Gasteiger partial charge in [0.25, 0.3) is 0 Å². The van der Waals surface area contributed by atoms with Gasteiger partial charge in [0.2, 0.25) is 0 Å². The summed E-state index contributed by atoms with van der Waals surface area (Å²) in [5, 5.41) is 0.725. The van der Waals surface area contributed by atoms with Gasteiger partial charge < -0.3 is 0 Å². The van der Waals surface area contributed by atoms with E-state index in [0.29, 0.717) is 15.8 Å². The van der Waals surface area contributed by atoms with Gasteiger partial charge in [0.05, 0.1) is 17.6 Å². The number of halogens is 4. The smallest absolute Gasteiger partial charge is 0.167 e. The number of hydrogen-bond acceptors (Lipinski definition) is 0. The highest BCUT2D eigenvalue weighted by molar-refractivity contribution is 6.81. The lowest BCUT2D eigenvalue weighted by Gasteiger charge is -2.22. The summed E-state index contributed by atoms with van der Waals surface area (Å²) in [5.74, 6) is 0. The standard InChI is InChI=1S/C13H16ClF3Si2/c1-18(2)11(9-5-7-10(14)8-6-9)12(19(3)4)13(15,16)17/h5-8H,1-4H3/b12-11+. The first-order valence-electron chi connectivity index (χ1n) is 5.83. The van der Waals surface area contributed by atoms with Crippen molar-refractivity contribution in [2.24, 2.45) is 0 Å². The summed E-state index contributed by atoms with van der Waals surface area (Å²) in [6.07, 6.45) is -4.24. The summed E-state index contributed by atoms with van der Waals surface area (Å²) in [6.45, 7) is 7.17. The van der Waals surface area contributed by atoms with Crippen LogP contribution in [0, 0.1) is 0 Å². The third-order valence-electron chi connectivity index (χ3n) is 2.67. The largest absolute Gasteiger partial charge is 0.408 e. The lowest BCUT2D eigenvalue weighted by atomic mass is 10.2. The summed E-state index contributed by atoms with van der Waals surface area (Å²) in [5.41, 5.74) is 0.654. The minimum Gasteiger partial charge on any atom is -0.167 e. The molecule has 0 saturated heterocycles. The summed E-state index contributed by atoms with van der Waals surface area (Å²) in [4.78, 5) is 0. The van der Waals surface area contributed by atoms with Crippen LogP contribution in [-0.4, -0.2) is 23.8 Å². The van der Waals surface area contributed by atoms with Gasteiger partial charge in [-0.2, -0.15) is 13.2 Å². The van der Waals surface area contributed by atoms with E-state index in [1.165, 1.54) is 0 Å². The monoisotopic (exact) mass is 320 g/mol. The van der Waals surface area contributed by atoms with E-state index >= 15 is 0 Å². The van der Waals surface area contributed by atoms with Crippen molar-refractivity contribution in [1.82, 2.24) is 0 Å². The van der Waals surface area contributed by atoms with Crippen LogP contribution in [0.2, 0.25) is 31.2 Å². The molecule has 0 nitrogen and oxygen atoms in total. The maximum absolute atomic E-state index is 13.3. The van der Waals surface area contributed by atoms with Gasteiger partial charge in [0.1, 0.15) is 0 Å². The van der Waals surface area contributed by atoms with Crippen LogP contribution in [0.1, 0.15) is 5.56 Å². The third-order valence-corrected chi connectivity index (χ3v) is 6.24. The zero-order valence-electron chi connectivity index (χ0n) is 11.3. The molecule has 0 amide bonds. The predicted octanol–water partition coefficient (Wildman–Crippen LogP) is 5.24. The van der Waals surface area contributed by atoms with Crippen molar-refractivity contribution in [3.05, 3.63) is 40.0 Å². The van der Waals surface area contributed by atoms with E-state index in [1.54, 1.807) is 37.4 Å². The summed E-state index contributed by atoms with van der Waals surface area (Å²) in [6, 6.07) is 6.67. The van der Waals surface area contributed by atoms with Gasteiger partial charge in [-0.1, -0.05) is 55.1 Å². The first-order chi connectivity index (χ1) is 8.64. The van der Waals surface area contributed by atoms with Gasteiger partial charge in [0, 0.05) is 10.2 Å². The second kappa shape index (κ2) is 6.28. The van der Waals surface area contributed by atoms with E-state index in [1.807, 2.05) is 13.1 Å². The number of allylic oxidation sites excluding steroid dienone is 1. The average molecular weight is 321 g/mol. The van der Waals surface area contributed by atoms with Crippen molar-refractivity contribution in [2.45, 2.75) is 32.4 Å². The lowest BCUT2D eigenvalue weighted by Crippen LogP contribution is -2.27. The van der Waals surface area contributed by atoms with Crippen LogP contribution >= 0.6 is 11.6 Å². The zero-order valence-corrected chi connectivity index (χ0v) is 14.1. The van der Waals surface area contributed by atoms with Crippen molar-refractivity contribution in [3.63, 3.8) is 0 Å². The highest BCUT2D eigenvalue weighted by Gasteiger charge is 2.39. The van der Waals surface area contributed by atoms with Gasteiger partial charge in [-0.25, -0.2) is 0 Å². The molecule has 0 aliphatic heterocycles. The third kappa shape index (κ3) is 4.22. The maximum atomic E-state index is 13.3. The molecule has 1 aromatic carbocycles. The van der Waals surface area contributed by atoms with Crippen LogP contribution < -0.4 is 0 Å². The summed E-state index contributed by atoms with van der Waals surface area (Å²) < 4.78 is 39.9. The zero-order chi connectivity index (χ0) is 14.8. The highest BCUT2D eigenvalue weighted by Crippen LogP contribution is 2.35. The van der Waals surface area contributed by atoms with Crippen molar-refractivity contribution in [1.29, 1.82) is 0 Å². The molecule has 19 heavy (non-hydrogen) atoms. The Bertz CT molecular complexity index is 462. The molecule has 0 atom stereocenters. The molecule has 0 aromatic heterocycles. The highest BCUT2D eigenvalue weighted by atomic mass is 35.5. The van der Waals surface area contributed by atoms with Crippen LogP contribution in [0.3, 0.4) is 0 Å². The Morgan fingerprint density at radius 1 is 0.947 bits per heavy atom. The van der Waals surface area contributed by atoms with E-state index < -0.39 is 23.8 Å². The van der Waals surface area contributed by atoms with Gasteiger partial charge in [0.15, 0.2) is 0 Å². The molecular weight excluding hydrogens is 305 g/mol. The predicted molar refractivity (Wildman–Crippen MR) is 79.4 cm³/mol. The van der Waals surface area contributed by atoms with Gasteiger partial charge >= 0.3 is 6.18 Å². The summed E-state index contributed by atoms with van der Waals surface area (Å²) >= 11 is 5.80. The topological polar surface area (TPSA) is 0 Å². The maximum Gasteiger partial charge on any atom is 0.408 e. The van der Waals surface area contributed by atoms with Crippen LogP contribution in [-0.2, 0) is 0 Å². The number of rotatable bonds is 3. The van der Waals surface area contributed by atoms with E-state index in [-0.39, 0.29) is 5.20 Å². The molecule has 0 aliphatic carbocycles. The molecule has 104 valence electrons. The fourth-order valence-corrected chi connectivity index (χ4v) is 6.20. The van der Waals surface area contributed by atoms with E-state index in [2.05, 4.69) is 0 Å². The first kappa shape index (κ1) is 16.5. The van der Waals surface area contributed by atoms with Crippen molar-refractivity contribution >= 4 is 34.4 Å². The SMILES string of the molecule is C[Si](C)/C(=C(/[Si](C)C)C(F)(F)F)c1ccc(Cl)cc1. The average Bonchev–Trinajstić information content (AvgIpc) is 2.24. The Kier molecular flexibility index (Phi) is 5.47. The molecule has 0 saturated carbocycles. The molecule has 0 heterocycles. The normalized spacial score (nSPS) is 14.0. The van der Waals surface area contributed by atoms with E-state index in [9.17, 15) is 13.2 Å². The number of benzene rings is 1. The van der Waals surface area contributed by atoms with Crippen LogP contribution in [0.4, 0.5) is 13.2 Å². The second-order valence-corrected chi connectivity index (χ2v) is 10.2.